The van der Waals surface area contributed by atoms with Gasteiger partial charge in [-0.25, -0.2) is 4.79 Å². The fourth-order valence-electron chi connectivity index (χ4n) is 5.41. The predicted molar refractivity (Wildman–Crippen MR) is 186 cm³/mol. The Morgan fingerprint density at radius 3 is 1.88 bits per heavy atom. The molecule has 0 radical (unpaired) electrons. The molecule has 1 fully saturated rings. The fourth-order valence-corrected chi connectivity index (χ4v) is 5.41. The first-order valence-electron chi connectivity index (χ1n) is 15.6. The number of fused-ring (bicyclic) bond motifs is 1. The molecule has 0 bridgehead atoms. The number of nitrogens with zero attached hydrogens (tertiary/aromatic N) is 6. The highest BCUT2D eigenvalue weighted by Gasteiger charge is 2.23. The van der Waals surface area contributed by atoms with E-state index >= 15 is 0 Å². The van der Waals surface area contributed by atoms with E-state index in [0.29, 0.717) is 75.8 Å². The first-order valence-corrected chi connectivity index (χ1v) is 15.6. The molecule has 14 nitrogen and oxygen atoms in total. The zero-order chi connectivity index (χ0) is 33.8. The van der Waals surface area contributed by atoms with Crippen molar-refractivity contribution in [2.24, 2.45) is 12.8 Å². The van der Waals surface area contributed by atoms with Crippen LogP contribution in [0.2, 0.25) is 0 Å². The van der Waals surface area contributed by atoms with Gasteiger partial charge in [0.1, 0.15) is 5.82 Å². The summed E-state index contributed by atoms with van der Waals surface area (Å²) in [5.74, 6) is 0.356. The quantitative estimate of drug-likeness (QED) is 0.151. The van der Waals surface area contributed by atoms with Gasteiger partial charge in [-0.05, 0) is 86.6 Å². The number of amides is 4. The van der Waals surface area contributed by atoms with E-state index in [1.807, 2.05) is 4.90 Å². The molecule has 0 aliphatic carbocycles. The monoisotopic (exact) mass is 647 g/mol. The molecule has 0 saturated carbocycles. The number of aromatic nitrogens is 4. The average Bonchev–Trinajstić information content (AvgIpc) is 3.46. The zero-order valence-electron chi connectivity index (χ0n) is 26.9. The number of primary amides is 1. The van der Waals surface area contributed by atoms with E-state index in [9.17, 15) is 14.4 Å². The van der Waals surface area contributed by atoms with Crippen molar-refractivity contribution in [1.82, 2.24) is 29.5 Å². The van der Waals surface area contributed by atoms with Gasteiger partial charge in [-0.2, -0.15) is 15.1 Å². The lowest BCUT2D eigenvalue weighted by Gasteiger charge is -2.37. The van der Waals surface area contributed by atoms with Crippen LogP contribution >= 0.6 is 0 Å². The SMILES string of the molecule is CC(C)N1CCN(C(=O)c2ccc(NC(=O)Nc3ccc(Nc4nc(Nc5ccc(C(N)=O)cc5)c5cnn(C)c5n4)cc3)cc2)CC1. The van der Waals surface area contributed by atoms with Crippen molar-refractivity contribution < 1.29 is 14.4 Å². The third-order valence-corrected chi connectivity index (χ3v) is 8.14. The Morgan fingerprint density at radius 1 is 0.729 bits per heavy atom. The molecule has 246 valence electrons. The van der Waals surface area contributed by atoms with E-state index in [1.54, 1.807) is 90.7 Å². The Morgan fingerprint density at radius 2 is 1.27 bits per heavy atom. The molecule has 1 saturated heterocycles. The molecular formula is C34H37N11O3. The summed E-state index contributed by atoms with van der Waals surface area (Å²) in [5.41, 5.74) is 9.53. The Labute approximate surface area is 277 Å². The lowest BCUT2D eigenvalue weighted by Crippen LogP contribution is -2.50. The standard InChI is InChI=1S/C34H37N11O3/c1-21(2)44-16-18-45(19-17-44)32(47)23-6-10-26(11-7-23)39-34(48)40-27-14-12-25(13-15-27)38-33-41-30(28-20-36-43(3)31(28)42-33)37-24-8-4-22(5-9-24)29(35)46/h4-15,20-21H,16-19H2,1-3H3,(H2,35,46)(H2,39,40,48)(H2,37,38,41,42). The number of benzene rings is 3. The third-order valence-electron chi connectivity index (χ3n) is 8.14. The number of carbonyl (C=O) groups excluding carboxylic acids is 3. The Balaban J connectivity index is 1.05. The van der Waals surface area contributed by atoms with Crippen LogP contribution in [0.3, 0.4) is 0 Å². The van der Waals surface area contributed by atoms with Gasteiger partial charge < -0.3 is 31.9 Å². The molecule has 3 heterocycles. The summed E-state index contributed by atoms with van der Waals surface area (Å²) in [6.45, 7) is 7.47. The molecule has 6 N–H and O–H groups in total. The van der Waals surface area contributed by atoms with Crippen molar-refractivity contribution >= 4 is 63.4 Å². The molecule has 6 rings (SSSR count). The fraction of sp³-hybridized carbons (Fsp3) is 0.235. The maximum Gasteiger partial charge on any atom is 0.323 e. The van der Waals surface area contributed by atoms with Crippen molar-refractivity contribution in [2.45, 2.75) is 19.9 Å². The number of nitrogens with one attached hydrogen (secondary N) is 4. The van der Waals surface area contributed by atoms with Gasteiger partial charge in [-0.3, -0.25) is 19.2 Å². The molecule has 5 aromatic rings. The first kappa shape index (κ1) is 31.9. The molecule has 3 aromatic carbocycles. The van der Waals surface area contributed by atoms with Gasteiger partial charge in [0.15, 0.2) is 5.65 Å². The number of hydrogen-bond donors (Lipinski definition) is 5. The summed E-state index contributed by atoms with van der Waals surface area (Å²) in [4.78, 5) is 50.6. The summed E-state index contributed by atoms with van der Waals surface area (Å²) >= 11 is 0. The maximum absolute atomic E-state index is 12.9. The number of nitrogens with two attached hydrogens (primary N) is 1. The van der Waals surface area contributed by atoms with Gasteiger partial charge >= 0.3 is 6.03 Å². The molecule has 14 heteroatoms. The smallest absolute Gasteiger partial charge is 0.323 e. The molecule has 0 unspecified atom stereocenters. The molecule has 1 aliphatic rings. The van der Waals surface area contributed by atoms with Crippen molar-refractivity contribution in [2.75, 3.05) is 47.4 Å². The number of carbonyl (C=O) groups is 3. The van der Waals surface area contributed by atoms with E-state index in [2.05, 4.69) is 55.1 Å². The zero-order valence-corrected chi connectivity index (χ0v) is 26.9. The summed E-state index contributed by atoms with van der Waals surface area (Å²) in [6, 6.07) is 20.8. The second-order valence-corrected chi connectivity index (χ2v) is 11.7. The van der Waals surface area contributed by atoms with Crippen molar-refractivity contribution in [1.29, 1.82) is 0 Å². The highest BCUT2D eigenvalue weighted by molar-refractivity contribution is 6.00. The number of aryl methyl sites for hydroxylation is 1. The van der Waals surface area contributed by atoms with Crippen LogP contribution in [-0.2, 0) is 7.05 Å². The number of hydrogen-bond acceptors (Lipinski definition) is 9. The van der Waals surface area contributed by atoms with E-state index in [4.69, 9.17) is 5.73 Å². The third kappa shape index (κ3) is 7.34. The van der Waals surface area contributed by atoms with Crippen LogP contribution in [0.25, 0.3) is 11.0 Å². The number of urea groups is 1. The van der Waals surface area contributed by atoms with Gasteiger partial charge in [0.2, 0.25) is 11.9 Å². The van der Waals surface area contributed by atoms with Gasteiger partial charge in [0, 0.05) is 73.1 Å². The van der Waals surface area contributed by atoms with Gasteiger partial charge in [-0.1, -0.05) is 0 Å². The molecule has 48 heavy (non-hydrogen) atoms. The molecule has 2 aromatic heterocycles. The molecule has 0 atom stereocenters. The number of rotatable bonds is 9. The van der Waals surface area contributed by atoms with E-state index < -0.39 is 11.9 Å². The molecule has 1 aliphatic heterocycles. The highest BCUT2D eigenvalue weighted by Crippen LogP contribution is 2.27. The van der Waals surface area contributed by atoms with Crippen LogP contribution in [0.4, 0.5) is 39.3 Å². The van der Waals surface area contributed by atoms with E-state index in [1.165, 1.54) is 0 Å². The lowest BCUT2D eigenvalue weighted by molar-refractivity contribution is 0.0595. The van der Waals surface area contributed by atoms with Crippen LogP contribution in [0.1, 0.15) is 34.6 Å². The minimum atomic E-state index is -0.503. The minimum Gasteiger partial charge on any atom is -0.366 e. The summed E-state index contributed by atoms with van der Waals surface area (Å²) in [7, 11) is 1.79. The van der Waals surface area contributed by atoms with Gasteiger partial charge in [0.05, 0.1) is 11.6 Å². The van der Waals surface area contributed by atoms with Crippen LogP contribution < -0.4 is 27.0 Å². The summed E-state index contributed by atoms with van der Waals surface area (Å²) in [6.07, 6.45) is 1.68. The summed E-state index contributed by atoms with van der Waals surface area (Å²) < 4.78 is 1.65. The van der Waals surface area contributed by atoms with Crippen molar-refractivity contribution in [3.8, 4) is 0 Å². The van der Waals surface area contributed by atoms with Crippen LogP contribution in [0.15, 0.2) is 79.0 Å². The molecule has 4 amide bonds. The average molecular weight is 648 g/mol. The van der Waals surface area contributed by atoms with Crippen molar-refractivity contribution in [3.63, 3.8) is 0 Å². The first-order chi connectivity index (χ1) is 23.1. The normalized spacial score (nSPS) is 13.4. The number of piperazine rings is 1. The van der Waals surface area contributed by atoms with E-state index in [-0.39, 0.29) is 5.91 Å². The second-order valence-electron chi connectivity index (χ2n) is 11.7. The van der Waals surface area contributed by atoms with Crippen molar-refractivity contribution in [3.05, 3.63) is 90.1 Å². The topological polar surface area (TPSA) is 175 Å². The Hall–Kier alpha value is -6.02. The van der Waals surface area contributed by atoms with Gasteiger partial charge in [0.25, 0.3) is 5.91 Å². The Bertz CT molecular complexity index is 1930. The number of anilines is 6. The predicted octanol–water partition coefficient (Wildman–Crippen LogP) is 4.76. The lowest BCUT2D eigenvalue weighted by atomic mass is 10.1. The van der Waals surface area contributed by atoms with Crippen LogP contribution in [0, 0.1) is 0 Å². The molecular weight excluding hydrogens is 610 g/mol. The largest absolute Gasteiger partial charge is 0.366 e. The second kappa shape index (κ2) is 13.8. The maximum atomic E-state index is 12.9. The molecule has 0 spiro atoms. The summed E-state index contributed by atoms with van der Waals surface area (Å²) in [5, 5.41) is 17.1. The van der Waals surface area contributed by atoms with E-state index in [0.717, 1.165) is 13.1 Å². The Kier molecular flexibility index (Phi) is 9.16. The highest BCUT2D eigenvalue weighted by atomic mass is 16.2. The van der Waals surface area contributed by atoms with Crippen LogP contribution in [-0.4, -0.2) is 79.6 Å². The van der Waals surface area contributed by atoms with Gasteiger partial charge in [-0.15, -0.1) is 0 Å². The van der Waals surface area contributed by atoms with Crippen LogP contribution in [0.5, 0.6) is 0 Å². The minimum absolute atomic E-state index is 0.00223.